The predicted octanol–water partition coefficient (Wildman–Crippen LogP) is 1.15. The summed E-state index contributed by atoms with van der Waals surface area (Å²) in [7, 11) is -3.42. The van der Waals surface area contributed by atoms with E-state index in [0.717, 1.165) is 10.0 Å². The van der Waals surface area contributed by atoms with Crippen molar-refractivity contribution in [3.8, 4) is 0 Å². The number of rotatable bonds is 5. The standard InChI is InChI=1S/C9H11BrN2O2S2/c10-8-3-1-2-7(4-8)5-12-16(13,14)6-9(11)15/h1-4,12H,5-6H2,(H2,11,15). The van der Waals surface area contributed by atoms with Crippen molar-refractivity contribution in [1.82, 2.24) is 4.72 Å². The molecule has 0 aliphatic rings. The van der Waals surface area contributed by atoms with E-state index in [1.807, 2.05) is 24.3 Å². The molecule has 0 spiro atoms. The number of hydrogen-bond donors (Lipinski definition) is 2. The van der Waals surface area contributed by atoms with Crippen LogP contribution in [0.4, 0.5) is 0 Å². The van der Waals surface area contributed by atoms with Gasteiger partial charge in [0.1, 0.15) is 5.75 Å². The number of sulfonamides is 1. The van der Waals surface area contributed by atoms with Crippen molar-refractivity contribution in [1.29, 1.82) is 0 Å². The summed E-state index contributed by atoms with van der Waals surface area (Å²) in [5.74, 6) is -0.323. The molecule has 0 heterocycles. The van der Waals surface area contributed by atoms with Crippen LogP contribution in [0.25, 0.3) is 0 Å². The van der Waals surface area contributed by atoms with Gasteiger partial charge >= 0.3 is 0 Å². The summed E-state index contributed by atoms with van der Waals surface area (Å²) in [6.45, 7) is 0.227. The minimum atomic E-state index is -3.42. The average Bonchev–Trinajstić information content (AvgIpc) is 2.13. The molecule has 0 saturated heterocycles. The van der Waals surface area contributed by atoms with Gasteiger partial charge in [0.05, 0.1) is 4.99 Å². The molecule has 0 saturated carbocycles. The van der Waals surface area contributed by atoms with E-state index < -0.39 is 10.0 Å². The Balaban J connectivity index is 2.61. The summed E-state index contributed by atoms with van der Waals surface area (Å²) in [5, 5.41) is 0. The Bertz CT molecular complexity index is 488. The van der Waals surface area contributed by atoms with E-state index in [-0.39, 0.29) is 17.3 Å². The van der Waals surface area contributed by atoms with Gasteiger partial charge in [-0.15, -0.1) is 0 Å². The first kappa shape index (κ1) is 13.6. The molecule has 0 radical (unpaired) electrons. The zero-order valence-electron chi connectivity index (χ0n) is 8.31. The normalized spacial score (nSPS) is 11.3. The highest BCUT2D eigenvalue weighted by Gasteiger charge is 2.11. The van der Waals surface area contributed by atoms with Crippen molar-refractivity contribution in [2.24, 2.45) is 5.73 Å². The quantitative estimate of drug-likeness (QED) is 0.798. The maximum Gasteiger partial charge on any atom is 0.218 e. The van der Waals surface area contributed by atoms with Crippen molar-refractivity contribution in [2.75, 3.05) is 5.75 Å². The maximum absolute atomic E-state index is 11.4. The Morgan fingerprint density at radius 2 is 2.19 bits per heavy atom. The second-order valence-electron chi connectivity index (χ2n) is 3.18. The van der Waals surface area contributed by atoms with Gasteiger partial charge in [0.25, 0.3) is 0 Å². The third-order valence-electron chi connectivity index (χ3n) is 1.72. The molecule has 1 aromatic rings. The van der Waals surface area contributed by atoms with E-state index in [1.165, 1.54) is 0 Å². The molecule has 0 aliphatic heterocycles. The van der Waals surface area contributed by atoms with Gasteiger partial charge in [-0.3, -0.25) is 0 Å². The second kappa shape index (κ2) is 5.72. The SMILES string of the molecule is NC(=S)CS(=O)(=O)NCc1cccc(Br)c1. The first-order valence-electron chi connectivity index (χ1n) is 4.39. The molecule has 3 N–H and O–H groups in total. The number of benzene rings is 1. The van der Waals surface area contributed by atoms with Crippen LogP contribution in [0.2, 0.25) is 0 Å². The van der Waals surface area contributed by atoms with Crippen LogP contribution in [0.3, 0.4) is 0 Å². The Morgan fingerprint density at radius 3 is 2.75 bits per heavy atom. The third kappa shape index (κ3) is 5.02. The second-order valence-corrected chi connectivity index (χ2v) is 6.42. The average molecular weight is 323 g/mol. The number of nitrogens with one attached hydrogen (secondary N) is 1. The van der Waals surface area contributed by atoms with Crippen molar-refractivity contribution >= 4 is 43.2 Å². The molecule has 0 bridgehead atoms. The fraction of sp³-hybridized carbons (Fsp3) is 0.222. The molecule has 7 heteroatoms. The Hall–Kier alpha value is -0.500. The van der Waals surface area contributed by atoms with Crippen LogP contribution in [-0.2, 0) is 16.6 Å². The summed E-state index contributed by atoms with van der Waals surface area (Å²) in [4.78, 5) is -0.0401. The molecule has 0 amide bonds. The summed E-state index contributed by atoms with van der Waals surface area (Å²) < 4.78 is 26.1. The molecular weight excluding hydrogens is 312 g/mol. The highest BCUT2D eigenvalue weighted by molar-refractivity contribution is 9.10. The minimum absolute atomic E-state index is 0.0401. The van der Waals surface area contributed by atoms with E-state index in [1.54, 1.807) is 0 Å². The monoisotopic (exact) mass is 322 g/mol. The van der Waals surface area contributed by atoms with Crippen LogP contribution >= 0.6 is 28.1 Å². The van der Waals surface area contributed by atoms with Crippen molar-refractivity contribution in [3.05, 3.63) is 34.3 Å². The molecule has 16 heavy (non-hydrogen) atoms. The molecule has 0 unspecified atom stereocenters. The molecule has 88 valence electrons. The lowest BCUT2D eigenvalue weighted by atomic mass is 10.2. The molecule has 0 aliphatic carbocycles. The van der Waals surface area contributed by atoms with E-state index in [0.29, 0.717) is 0 Å². The van der Waals surface area contributed by atoms with Gasteiger partial charge in [-0.2, -0.15) is 0 Å². The van der Waals surface area contributed by atoms with Gasteiger partial charge in [0.15, 0.2) is 0 Å². The lowest BCUT2D eigenvalue weighted by Crippen LogP contribution is -2.31. The van der Waals surface area contributed by atoms with Crippen LogP contribution in [0.15, 0.2) is 28.7 Å². The predicted molar refractivity (Wildman–Crippen MR) is 71.6 cm³/mol. The summed E-state index contributed by atoms with van der Waals surface area (Å²) in [5.41, 5.74) is 6.04. The number of hydrogen-bond acceptors (Lipinski definition) is 3. The van der Waals surface area contributed by atoms with Crippen molar-refractivity contribution < 1.29 is 8.42 Å². The summed E-state index contributed by atoms with van der Waals surface area (Å²) in [6.07, 6.45) is 0. The topological polar surface area (TPSA) is 72.2 Å². The first-order valence-corrected chi connectivity index (χ1v) is 7.24. The Kier molecular flexibility index (Phi) is 4.85. The van der Waals surface area contributed by atoms with Crippen LogP contribution in [0.5, 0.6) is 0 Å². The smallest absolute Gasteiger partial charge is 0.218 e. The fourth-order valence-electron chi connectivity index (χ4n) is 1.08. The highest BCUT2D eigenvalue weighted by Crippen LogP contribution is 2.11. The van der Waals surface area contributed by atoms with Gasteiger partial charge in [-0.05, 0) is 17.7 Å². The molecular formula is C9H11BrN2O2S2. The van der Waals surface area contributed by atoms with Crippen LogP contribution in [-0.4, -0.2) is 19.2 Å². The van der Waals surface area contributed by atoms with Crippen LogP contribution in [0.1, 0.15) is 5.56 Å². The lowest BCUT2D eigenvalue weighted by Gasteiger charge is -2.06. The van der Waals surface area contributed by atoms with E-state index >= 15 is 0 Å². The van der Waals surface area contributed by atoms with E-state index in [9.17, 15) is 8.42 Å². The first-order chi connectivity index (χ1) is 7.39. The van der Waals surface area contributed by atoms with Crippen LogP contribution in [0, 0.1) is 0 Å². The molecule has 0 fully saturated rings. The lowest BCUT2D eigenvalue weighted by molar-refractivity contribution is 0.585. The minimum Gasteiger partial charge on any atom is -0.392 e. The van der Waals surface area contributed by atoms with E-state index in [4.69, 9.17) is 5.73 Å². The van der Waals surface area contributed by atoms with Gasteiger partial charge < -0.3 is 5.73 Å². The Morgan fingerprint density at radius 1 is 1.50 bits per heavy atom. The van der Waals surface area contributed by atoms with Gasteiger partial charge in [0, 0.05) is 11.0 Å². The van der Waals surface area contributed by atoms with Gasteiger partial charge in [-0.25, -0.2) is 13.1 Å². The molecule has 4 nitrogen and oxygen atoms in total. The molecule has 1 rings (SSSR count). The van der Waals surface area contributed by atoms with Crippen molar-refractivity contribution in [3.63, 3.8) is 0 Å². The summed E-state index contributed by atoms with van der Waals surface area (Å²) >= 11 is 7.85. The maximum atomic E-state index is 11.4. The van der Waals surface area contributed by atoms with Crippen LogP contribution < -0.4 is 10.5 Å². The third-order valence-corrected chi connectivity index (χ3v) is 3.81. The summed E-state index contributed by atoms with van der Waals surface area (Å²) in [6, 6.07) is 7.37. The van der Waals surface area contributed by atoms with Gasteiger partial charge in [-0.1, -0.05) is 40.3 Å². The highest BCUT2D eigenvalue weighted by atomic mass is 79.9. The molecule has 1 aromatic carbocycles. The Labute approximate surface area is 108 Å². The molecule has 0 atom stereocenters. The van der Waals surface area contributed by atoms with E-state index in [2.05, 4.69) is 32.9 Å². The van der Waals surface area contributed by atoms with Crippen molar-refractivity contribution in [2.45, 2.75) is 6.54 Å². The fourth-order valence-corrected chi connectivity index (χ4v) is 2.85. The zero-order chi connectivity index (χ0) is 12.2. The zero-order valence-corrected chi connectivity index (χ0v) is 11.5. The van der Waals surface area contributed by atoms with Gasteiger partial charge in [0.2, 0.25) is 10.0 Å². The molecule has 0 aromatic heterocycles. The number of thiocarbonyl (C=S) groups is 1. The number of nitrogens with two attached hydrogens (primary N) is 1. The number of halogens is 1. The largest absolute Gasteiger partial charge is 0.392 e.